The third-order valence-corrected chi connectivity index (χ3v) is 11.7. The van der Waals surface area contributed by atoms with E-state index < -0.39 is 0 Å². The van der Waals surface area contributed by atoms with Gasteiger partial charge in [-0.15, -0.1) is 0 Å². The average Bonchev–Trinajstić information content (AvgIpc) is 3.16. The van der Waals surface area contributed by atoms with Crippen LogP contribution in [0.3, 0.4) is 0 Å². The summed E-state index contributed by atoms with van der Waals surface area (Å²) in [5.41, 5.74) is 11.1. The molecule has 0 aliphatic rings. The molecule has 4 N–H and O–H groups in total. The molecule has 0 fully saturated rings. The number of rotatable bonds is 42. The molecule has 0 aliphatic heterocycles. The average molecular weight is 753 g/mol. The van der Waals surface area contributed by atoms with Crippen molar-refractivity contribution in [2.45, 2.75) is 277 Å². The molecule has 0 unspecified atom stereocenters. The van der Waals surface area contributed by atoms with Crippen molar-refractivity contribution in [2.75, 3.05) is 0 Å². The molecule has 4 heteroatoms. The highest BCUT2D eigenvalue weighted by molar-refractivity contribution is 5.80. The van der Waals surface area contributed by atoms with Gasteiger partial charge in [-0.25, -0.2) is 0 Å². The minimum atomic E-state index is -0.298. The summed E-state index contributed by atoms with van der Waals surface area (Å²) in [5, 5.41) is 0. The summed E-state index contributed by atoms with van der Waals surface area (Å²) in [6, 6.07) is 0. The van der Waals surface area contributed by atoms with Gasteiger partial charge in [0.1, 0.15) is 0 Å². The Morgan fingerprint density at radius 2 is 0.630 bits per heavy atom. The Hall–Kier alpha value is -1.94. The molecular weight excluding hydrogens is 661 g/mol. The number of nitrogens with two attached hydrogens (primary N) is 2. The molecule has 2 amide bonds. The third-order valence-electron chi connectivity index (χ3n) is 11.7. The standard InChI is InChI=1S/C50H92N2O2/c1-3-5-7-9-11-13-15-25-29-33-37-41-45-50(49(52)54,46-42-38-34-30-26-16-14-12-10-8-6-4-2)47-43-39-35-31-27-23-21-19-17-18-20-22-24-28-32-36-40-44-48(51)53/h3-16,20,22-47H2,1-2H3,(H2,51,53)(H2,52,54). The first kappa shape index (κ1) is 52.1. The van der Waals surface area contributed by atoms with Crippen molar-refractivity contribution in [1.82, 2.24) is 0 Å². The van der Waals surface area contributed by atoms with E-state index in [0.717, 1.165) is 77.0 Å². The number of unbranched alkanes of at least 4 members (excludes halogenated alkanes) is 33. The van der Waals surface area contributed by atoms with Crippen molar-refractivity contribution in [3.63, 3.8) is 0 Å². The van der Waals surface area contributed by atoms with E-state index in [1.807, 2.05) is 0 Å². The smallest absolute Gasteiger partial charge is 0.223 e. The van der Waals surface area contributed by atoms with Crippen molar-refractivity contribution in [3.8, 4) is 23.7 Å². The molecule has 0 spiro atoms. The molecule has 0 bridgehead atoms. The van der Waals surface area contributed by atoms with E-state index in [9.17, 15) is 9.59 Å². The molecule has 0 radical (unpaired) electrons. The number of carbonyl (C=O) groups excluding carboxylic acids is 2. The van der Waals surface area contributed by atoms with Gasteiger partial charge in [0.25, 0.3) is 0 Å². The van der Waals surface area contributed by atoms with Gasteiger partial charge >= 0.3 is 0 Å². The molecular formula is C50H92N2O2. The predicted octanol–water partition coefficient (Wildman–Crippen LogP) is 15.0. The SMILES string of the molecule is CCCCCCCCCCCCCCC(CCCCCCCC#CC#CCCCCCCCCC(N)=O)(CCCCCCCCCCCCCC)C(N)=O. The van der Waals surface area contributed by atoms with Crippen LogP contribution in [0.4, 0.5) is 0 Å². The summed E-state index contributed by atoms with van der Waals surface area (Å²) < 4.78 is 0. The second-order valence-electron chi connectivity index (χ2n) is 16.9. The zero-order valence-electron chi connectivity index (χ0n) is 36.5. The Morgan fingerprint density at radius 3 is 0.907 bits per heavy atom. The first-order chi connectivity index (χ1) is 26.5. The summed E-state index contributed by atoms with van der Waals surface area (Å²) in [4.78, 5) is 23.9. The first-order valence-electron chi connectivity index (χ1n) is 24.0. The van der Waals surface area contributed by atoms with Crippen LogP contribution in [0.15, 0.2) is 0 Å². The zero-order chi connectivity index (χ0) is 39.5. The van der Waals surface area contributed by atoms with Gasteiger partial charge in [-0.05, 0) is 50.4 Å². The Labute approximate surface area is 338 Å². The van der Waals surface area contributed by atoms with E-state index in [1.54, 1.807) is 0 Å². The van der Waals surface area contributed by atoms with Crippen molar-refractivity contribution >= 4 is 11.8 Å². The van der Waals surface area contributed by atoms with Crippen LogP contribution >= 0.6 is 0 Å². The van der Waals surface area contributed by atoms with Crippen LogP contribution in [0.5, 0.6) is 0 Å². The highest BCUT2D eigenvalue weighted by Crippen LogP contribution is 2.37. The molecule has 0 aliphatic carbocycles. The monoisotopic (exact) mass is 753 g/mol. The molecule has 0 saturated heterocycles. The summed E-state index contributed by atoms with van der Waals surface area (Å²) in [7, 11) is 0. The second kappa shape index (κ2) is 42.2. The number of primary amides is 2. The fourth-order valence-electron chi connectivity index (χ4n) is 7.99. The van der Waals surface area contributed by atoms with Gasteiger partial charge in [0.15, 0.2) is 0 Å². The maximum Gasteiger partial charge on any atom is 0.223 e. The van der Waals surface area contributed by atoms with Crippen LogP contribution in [-0.2, 0) is 9.59 Å². The van der Waals surface area contributed by atoms with Gasteiger partial charge < -0.3 is 11.5 Å². The van der Waals surface area contributed by atoms with Gasteiger partial charge in [-0.2, -0.15) is 0 Å². The van der Waals surface area contributed by atoms with Crippen LogP contribution in [0.25, 0.3) is 0 Å². The van der Waals surface area contributed by atoms with Crippen LogP contribution in [0.1, 0.15) is 277 Å². The maximum atomic E-state index is 13.1. The molecule has 4 nitrogen and oxygen atoms in total. The first-order valence-corrected chi connectivity index (χ1v) is 24.0. The van der Waals surface area contributed by atoms with E-state index in [4.69, 9.17) is 11.5 Å². The Morgan fingerprint density at radius 1 is 0.370 bits per heavy atom. The minimum absolute atomic E-state index is 0.0258. The van der Waals surface area contributed by atoms with E-state index >= 15 is 0 Å². The van der Waals surface area contributed by atoms with E-state index in [2.05, 4.69) is 37.5 Å². The molecule has 0 saturated carbocycles. The topological polar surface area (TPSA) is 86.2 Å². The molecule has 0 aromatic rings. The van der Waals surface area contributed by atoms with Gasteiger partial charge in [0.2, 0.25) is 11.8 Å². The summed E-state index contributed by atoms with van der Waals surface area (Å²) >= 11 is 0. The van der Waals surface area contributed by atoms with E-state index in [0.29, 0.717) is 6.42 Å². The van der Waals surface area contributed by atoms with Crippen LogP contribution in [0, 0.1) is 29.1 Å². The maximum absolute atomic E-state index is 13.1. The second-order valence-corrected chi connectivity index (χ2v) is 16.9. The Bertz CT molecular complexity index is 923. The molecule has 54 heavy (non-hydrogen) atoms. The molecule has 0 aromatic heterocycles. The molecule has 0 heterocycles. The summed E-state index contributed by atoms with van der Waals surface area (Å²) in [5.74, 6) is 12.3. The van der Waals surface area contributed by atoms with Crippen molar-refractivity contribution in [2.24, 2.45) is 16.9 Å². The third kappa shape index (κ3) is 37.0. The lowest BCUT2D eigenvalue weighted by Gasteiger charge is -2.31. The quantitative estimate of drug-likeness (QED) is 0.0480. The van der Waals surface area contributed by atoms with E-state index in [1.165, 1.54) is 180 Å². The van der Waals surface area contributed by atoms with Gasteiger partial charge in [0.05, 0.1) is 0 Å². The normalized spacial score (nSPS) is 11.2. The van der Waals surface area contributed by atoms with Crippen LogP contribution in [-0.4, -0.2) is 11.8 Å². The lowest BCUT2D eigenvalue weighted by molar-refractivity contribution is -0.129. The predicted molar refractivity (Wildman–Crippen MR) is 237 cm³/mol. The highest BCUT2D eigenvalue weighted by Gasteiger charge is 2.34. The number of amides is 2. The van der Waals surface area contributed by atoms with Gasteiger partial charge in [-0.1, -0.05) is 231 Å². The molecule has 0 atom stereocenters. The van der Waals surface area contributed by atoms with Gasteiger partial charge in [-0.3, -0.25) is 9.59 Å². The van der Waals surface area contributed by atoms with Crippen LogP contribution < -0.4 is 11.5 Å². The fraction of sp³-hybridized carbons (Fsp3) is 0.880. The molecule has 0 rings (SSSR count). The lowest BCUT2D eigenvalue weighted by Crippen LogP contribution is -2.37. The van der Waals surface area contributed by atoms with Crippen LogP contribution in [0.2, 0.25) is 0 Å². The van der Waals surface area contributed by atoms with E-state index in [-0.39, 0.29) is 17.2 Å². The van der Waals surface area contributed by atoms with Crippen molar-refractivity contribution in [1.29, 1.82) is 0 Å². The lowest BCUT2D eigenvalue weighted by atomic mass is 9.73. The fourth-order valence-corrected chi connectivity index (χ4v) is 7.99. The minimum Gasteiger partial charge on any atom is -0.370 e. The van der Waals surface area contributed by atoms with Crippen molar-refractivity contribution < 1.29 is 9.59 Å². The number of carbonyl (C=O) groups is 2. The number of hydrogen-bond donors (Lipinski definition) is 2. The molecule has 0 aromatic carbocycles. The zero-order valence-corrected chi connectivity index (χ0v) is 36.5. The Balaban J connectivity index is 4.41. The molecule has 314 valence electrons. The summed E-state index contributed by atoms with van der Waals surface area (Å²) in [6.07, 6.45) is 50.2. The summed E-state index contributed by atoms with van der Waals surface area (Å²) in [6.45, 7) is 4.58. The number of hydrogen-bond acceptors (Lipinski definition) is 2. The highest BCUT2D eigenvalue weighted by atomic mass is 16.1. The Kier molecular flexibility index (Phi) is 40.7. The van der Waals surface area contributed by atoms with Gasteiger partial charge in [0, 0.05) is 24.7 Å². The largest absolute Gasteiger partial charge is 0.370 e. The van der Waals surface area contributed by atoms with Crippen molar-refractivity contribution in [3.05, 3.63) is 0 Å².